The van der Waals surface area contributed by atoms with E-state index in [9.17, 15) is 0 Å². The standard InChI is InChI=1S/C11H9N3S/c1-7-5-15-6-8(7)11-13-9-2-3-12-4-10(9)14-11/h2-6H,1H3,(H,13,14). The molecule has 0 fully saturated rings. The molecule has 0 aliphatic carbocycles. The Hall–Kier alpha value is -1.68. The van der Waals surface area contributed by atoms with Crippen LogP contribution in [0.15, 0.2) is 29.2 Å². The lowest BCUT2D eigenvalue weighted by Gasteiger charge is -1.92. The maximum atomic E-state index is 4.53. The van der Waals surface area contributed by atoms with Crippen LogP contribution in [0.3, 0.4) is 0 Å². The van der Waals surface area contributed by atoms with Crippen molar-refractivity contribution in [3.63, 3.8) is 0 Å². The van der Waals surface area contributed by atoms with E-state index in [0.29, 0.717) is 0 Å². The number of hydrogen-bond acceptors (Lipinski definition) is 3. The van der Waals surface area contributed by atoms with Gasteiger partial charge in [-0.15, -0.1) is 0 Å². The fraction of sp³-hybridized carbons (Fsp3) is 0.0909. The first-order chi connectivity index (χ1) is 7.34. The number of imidazole rings is 1. The van der Waals surface area contributed by atoms with E-state index in [1.165, 1.54) is 11.1 Å². The van der Waals surface area contributed by atoms with E-state index in [1.807, 2.05) is 6.07 Å². The molecule has 3 aromatic heterocycles. The summed E-state index contributed by atoms with van der Waals surface area (Å²) < 4.78 is 0. The molecule has 15 heavy (non-hydrogen) atoms. The Morgan fingerprint density at radius 3 is 3.00 bits per heavy atom. The Balaban J connectivity index is 2.24. The third-order valence-electron chi connectivity index (χ3n) is 2.39. The zero-order chi connectivity index (χ0) is 10.3. The molecule has 3 nitrogen and oxygen atoms in total. The van der Waals surface area contributed by atoms with Gasteiger partial charge < -0.3 is 4.98 Å². The summed E-state index contributed by atoms with van der Waals surface area (Å²) in [7, 11) is 0. The van der Waals surface area contributed by atoms with Crippen molar-refractivity contribution in [3.8, 4) is 11.4 Å². The molecular formula is C11H9N3S. The highest BCUT2D eigenvalue weighted by Gasteiger charge is 2.07. The molecule has 0 aliphatic heterocycles. The SMILES string of the molecule is Cc1cscc1-c1nc2ccncc2[nH]1. The quantitative estimate of drug-likeness (QED) is 0.678. The Bertz CT molecular complexity index is 576. The van der Waals surface area contributed by atoms with E-state index < -0.39 is 0 Å². The molecule has 3 heterocycles. The molecule has 0 saturated carbocycles. The minimum Gasteiger partial charge on any atom is -0.337 e. The summed E-state index contributed by atoms with van der Waals surface area (Å²) in [5.74, 6) is 0.928. The Morgan fingerprint density at radius 2 is 2.27 bits per heavy atom. The van der Waals surface area contributed by atoms with Crippen LogP contribution in [-0.2, 0) is 0 Å². The van der Waals surface area contributed by atoms with Crippen LogP contribution < -0.4 is 0 Å². The van der Waals surface area contributed by atoms with E-state index in [4.69, 9.17) is 0 Å². The largest absolute Gasteiger partial charge is 0.337 e. The number of aromatic nitrogens is 3. The number of H-pyrrole nitrogens is 1. The predicted molar refractivity (Wildman–Crippen MR) is 61.9 cm³/mol. The molecule has 3 aromatic rings. The van der Waals surface area contributed by atoms with Gasteiger partial charge in [-0.3, -0.25) is 4.98 Å². The van der Waals surface area contributed by atoms with Gasteiger partial charge in [0.15, 0.2) is 0 Å². The lowest BCUT2D eigenvalue weighted by atomic mass is 10.2. The Kier molecular flexibility index (Phi) is 1.82. The van der Waals surface area contributed by atoms with E-state index in [2.05, 4.69) is 32.6 Å². The average molecular weight is 215 g/mol. The number of pyridine rings is 1. The van der Waals surface area contributed by atoms with E-state index in [-0.39, 0.29) is 0 Å². The zero-order valence-corrected chi connectivity index (χ0v) is 9.01. The van der Waals surface area contributed by atoms with Crippen molar-refractivity contribution in [2.75, 3.05) is 0 Å². The van der Waals surface area contributed by atoms with Gasteiger partial charge in [-0.1, -0.05) is 0 Å². The fourth-order valence-corrected chi connectivity index (χ4v) is 2.42. The number of aryl methyl sites for hydroxylation is 1. The van der Waals surface area contributed by atoms with Crippen LogP contribution >= 0.6 is 11.3 Å². The van der Waals surface area contributed by atoms with Crippen LogP contribution in [0.1, 0.15) is 5.56 Å². The number of hydrogen-bond donors (Lipinski definition) is 1. The third-order valence-corrected chi connectivity index (χ3v) is 3.26. The highest BCUT2D eigenvalue weighted by atomic mass is 32.1. The van der Waals surface area contributed by atoms with E-state index in [0.717, 1.165) is 16.9 Å². The fourth-order valence-electron chi connectivity index (χ4n) is 1.59. The zero-order valence-electron chi connectivity index (χ0n) is 8.19. The molecule has 4 heteroatoms. The maximum Gasteiger partial charge on any atom is 0.139 e. The Morgan fingerprint density at radius 1 is 1.33 bits per heavy atom. The molecule has 3 rings (SSSR count). The van der Waals surface area contributed by atoms with Crippen molar-refractivity contribution in [2.24, 2.45) is 0 Å². The average Bonchev–Trinajstić information content (AvgIpc) is 2.82. The van der Waals surface area contributed by atoms with Crippen molar-refractivity contribution in [2.45, 2.75) is 6.92 Å². The molecule has 0 amide bonds. The molecule has 0 unspecified atom stereocenters. The van der Waals surface area contributed by atoms with Gasteiger partial charge in [-0.05, 0) is 23.9 Å². The minimum absolute atomic E-state index is 0.928. The summed E-state index contributed by atoms with van der Waals surface area (Å²) in [5, 5.41) is 4.24. The van der Waals surface area contributed by atoms with Crippen molar-refractivity contribution >= 4 is 22.4 Å². The number of thiophene rings is 1. The van der Waals surface area contributed by atoms with Crippen LogP contribution in [-0.4, -0.2) is 15.0 Å². The van der Waals surface area contributed by atoms with Crippen LogP contribution in [0.4, 0.5) is 0 Å². The summed E-state index contributed by atoms with van der Waals surface area (Å²) in [6.45, 7) is 2.09. The molecule has 0 saturated heterocycles. The molecule has 0 radical (unpaired) electrons. The van der Waals surface area contributed by atoms with Crippen molar-refractivity contribution < 1.29 is 0 Å². The van der Waals surface area contributed by atoms with Crippen LogP contribution in [0.2, 0.25) is 0 Å². The van der Waals surface area contributed by atoms with Gasteiger partial charge in [0.1, 0.15) is 5.82 Å². The molecule has 0 bridgehead atoms. The van der Waals surface area contributed by atoms with Crippen molar-refractivity contribution in [1.82, 2.24) is 15.0 Å². The van der Waals surface area contributed by atoms with Crippen molar-refractivity contribution in [1.29, 1.82) is 0 Å². The second-order valence-corrected chi connectivity index (χ2v) is 4.19. The summed E-state index contributed by atoms with van der Waals surface area (Å²) in [4.78, 5) is 11.9. The van der Waals surface area contributed by atoms with Gasteiger partial charge in [0.2, 0.25) is 0 Å². The van der Waals surface area contributed by atoms with Crippen LogP contribution in [0, 0.1) is 6.92 Å². The van der Waals surface area contributed by atoms with E-state index in [1.54, 1.807) is 23.7 Å². The second kappa shape index (κ2) is 3.17. The predicted octanol–water partition coefficient (Wildman–Crippen LogP) is 2.99. The summed E-state index contributed by atoms with van der Waals surface area (Å²) in [5.41, 5.74) is 4.38. The monoisotopic (exact) mass is 215 g/mol. The third kappa shape index (κ3) is 1.34. The van der Waals surface area contributed by atoms with Gasteiger partial charge in [0.05, 0.1) is 17.2 Å². The first kappa shape index (κ1) is 8.61. The lowest BCUT2D eigenvalue weighted by molar-refractivity contribution is 1.32. The highest BCUT2D eigenvalue weighted by molar-refractivity contribution is 7.08. The van der Waals surface area contributed by atoms with Crippen molar-refractivity contribution in [3.05, 3.63) is 34.8 Å². The molecule has 0 aromatic carbocycles. The van der Waals surface area contributed by atoms with Crippen LogP contribution in [0.5, 0.6) is 0 Å². The van der Waals surface area contributed by atoms with Gasteiger partial charge >= 0.3 is 0 Å². The first-order valence-corrected chi connectivity index (χ1v) is 5.62. The van der Waals surface area contributed by atoms with Gasteiger partial charge in [0, 0.05) is 17.1 Å². The number of nitrogens with one attached hydrogen (secondary N) is 1. The van der Waals surface area contributed by atoms with Gasteiger partial charge in [0.25, 0.3) is 0 Å². The summed E-state index contributed by atoms with van der Waals surface area (Å²) >= 11 is 1.70. The number of rotatable bonds is 1. The Labute approximate surface area is 90.8 Å². The maximum absolute atomic E-state index is 4.53. The topological polar surface area (TPSA) is 41.6 Å². The first-order valence-electron chi connectivity index (χ1n) is 4.67. The smallest absolute Gasteiger partial charge is 0.139 e. The van der Waals surface area contributed by atoms with E-state index >= 15 is 0 Å². The molecule has 0 atom stereocenters. The number of fused-ring (bicyclic) bond motifs is 1. The second-order valence-electron chi connectivity index (χ2n) is 3.45. The van der Waals surface area contributed by atoms with Gasteiger partial charge in [-0.2, -0.15) is 11.3 Å². The number of aromatic amines is 1. The molecular weight excluding hydrogens is 206 g/mol. The highest BCUT2D eigenvalue weighted by Crippen LogP contribution is 2.25. The molecule has 1 N–H and O–H groups in total. The molecule has 0 aliphatic rings. The minimum atomic E-state index is 0.928. The summed E-state index contributed by atoms with van der Waals surface area (Å²) in [6.07, 6.45) is 3.56. The van der Waals surface area contributed by atoms with Gasteiger partial charge in [-0.25, -0.2) is 4.98 Å². The molecule has 74 valence electrons. The molecule has 0 spiro atoms. The normalized spacial score (nSPS) is 11.0. The number of nitrogens with zero attached hydrogens (tertiary/aromatic N) is 2. The summed E-state index contributed by atoms with van der Waals surface area (Å²) in [6, 6.07) is 1.91. The van der Waals surface area contributed by atoms with Crippen LogP contribution in [0.25, 0.3) is 22.4 Å². The lowest BCUT2D eigenvalue weighted by Crippen LogP contribution is -1.78.